The fourth-order valence-electron chi connectivity index (χ4n) is 6.19. The summed E-state index contributed by atoms with van der Waals surface area (Å²) < 4.78 is 0. The number of nitrogens with two attached hydrogens (primary N) is 1. The number of nitrogens with zero attached hydrogens (tertiary/aromatic N) is 7. The molecule has 6 rings (SSSR count). The molecule has 1 aliphatic carbocycles. The molecule has 3 N–H and O–H groups in total. The lowest BCUT2D eigenvalue weighted by molar-refractivity contribution is -0.141. The number of amides is 2. The van der Waals surface area contributed by atoms with Crippen LogP contribution in [-0.4, -0.2) is 90.4 Å². The average molecular weight is 462 g/mol. The van der Waals surface area contributed by atoms with E-state index < -0.39 is 6.04 Å². The van der Waals surface area contributed by atoms with Crippen LogP contribution in [0.4, 0.5) is 0 Å². The third-order valence-electron chi connectivity index (χ3n) is 7.96. The zero-order chi connectivity index (χ0) is 23.6. The van der Waals surface area contributed by atoms with Gasteiger partial charge < -0.3 is 15.5 Å². The Balaban J connectivity index is 1.12. The number of nitriles is 1. The van der Waals surface area contributed by atoms with E-state index in [2.05, 4.69) is 31.6 Å². The number of hydrogen-bond acceptors (Lipinski definition) is 8. The van der Waals surface area contributed by atoms with Crippen LogP contribution in [0.15, 0.2) is 24.3 Å². The molecular weight excluding hydrogens is 434 g/mol. The van der Waals surface area contributed by atoms with Gasteiger partial charge >= 0.3 is 0 Å². The van der Waals surface area contributed by atoms with Gasteiger partial charge in [0, 0.05) is 30.7 Å². The van der Waals surface area contributed by atoms with Crippen molar-refractivity contribution in [3.8, 4) is 17.5 Å². The van der Waals surface area contributed by atoms with E-state index in [-0.39, 0.29) is 42.0 Å². The topological polar surface area (TPSA) is 148 Å². The molecule has 0 radical (unpaired) electrons. The van der Waals surface area contributed by atoms with Crippen LogP contribution in [0.3, 0.4) is 0 Å². The molecule has 1 saturated carbocycles. The molecule has 7 atom stereocenters. The first-order valence-electron chi connectivity index (χ1n) is 11.8. The number of benzene rings is 1. The number of tetrazole rings is 1. The third kappa shape index (κ3) is 3.28. The summed E-state index contributed by atoms with van der Waals surface area (Å²) in [6.07, 6.45) is 2.47. The standard InChI is InChI=1S/C23H27N9O2/c1-12(13-3-2-4-14(5-13)21-26-28-29-27-21)31-17-8-20(23(31)34)30(10-17)11-18(25)22(33)32-16(9-24)6-15-7-19(15)32/h2-5,12,15-20H,6-8,10-11,25H2,1H3,(H,26,27,28,29)/t12-,15?,16+,17-,18+,19+,20-/m1/s1. The van der Waals surface area contributed by atoms with Gasteiger partial charge in [-0.3, -0.25) is 14.5 Å². The molecule has 1 aromatic heterocycles. The minimum absolute atomic E-state index is 0.0756. The van der Waals surface area contributed by atoms with Crippen LogP contribution < -0.4 is 5.73 Å². The molecule has 3 saturated heterocycles. The summed E-state index contributed by atoms with van der Waals surface area (Å²) in [6, 6.07) is 8.92. The number of carbonyl (C=O) groups excluding carboxylic acids is 2. The highest BCUT2D eigenvalue weighted by molar-refractivity contribution is 5.87. The molecule has 4 aliphatic rings. The minimum Gasteiger partial charge on any atom is -0.330 e. The second-order valence-electron chi connectivity index (χ2n) is 9.94. The Labute approximate surface area is 196 Å². The van der Waals surface area contributed by atoms with E-state index in [1.807, 2.05) is 36.1 Å². The maximum atomic E-state index is 13.3. The van der Waals surface area contributed by atoms with Crippen molar-refractivity contribution in [3.05, 3.63) is 29.8 Å². The first-order valence-corrected chi connectivity index (χ1v) is 11.8. The number of piperazine rings is 1. The molecule has 2 amide bonds. The van der Waals surface area contributed by atoms with Crippen molar-refractivity contribution in [2.24, 2.45) is 11.7 Å². The molecule has 4 fully saturated rings. The molecule has 1 unspecified atom stereocenters. The summed E-state index contributed by atoms with van der Waals surface area (Å²) in [7, 11) is 0. The van der Waals surface area contributed by atoms with E-state index in [9.17, 15) is 14.9 Å². The SMILES string of the molecule is C[C@H](c1cccc(-c2nn[nH]n2)c1)N1C(=O)[C@H]2C[C@@H]1CN2C[C@H](N)C(=O)N1[C@H](C#N)CC2C[C@@H]21. The first kappa shape index (κ1) is 21.2. The zero-order valence-corrected chi connectivity index (χ0v) is 18.9. The van der Waals surface area contributed by atoms with Crippen molar-refractivity contribution in [2.75, 3.05) is 13.1 Å². The summed E-state index contributed by atoms with van der Waals surface area (Å²) in [5, 5.41) is 23.6. The van der Waals surface area contributed by atoms with Gasteiger partial charge in [0.25, 0.3) is 0 Å². The van der Waals surface area contributed by atoms with Crippen LogP contribution in [0.1, 0.15) is 37.8 Å². The molecular formula is C23H27N9O2. The number of nitrogens with one attached hydrogen (secondary N) is 1. The van der Waals surface area contributed by atoms with Crippen molar-refractivity contribution in [2.45, 2.75) is 62.4 Å². The highest BCUT2D eigenvalue weighted by atomic mass is 16.2. The van der Waals surface area contributed by atoms with Crippen molar-refractivity contribution >= 4 is 11.8 Å². The maximum Gasteiger partial charge on any atom is 0.242 e. The third-order valence-corrected chi connectivity index (χ3v) is 7.96. The highest BCUT2D eigenvalue weighted by Crippen LogP contribution is 2.48. The van der Waals surface area contributed by atoms with Crippen LogP contribution in [0, 0.1) is 17.2 Å². The van der Waals surface area contributed by atoms with Crippen molar-refractivity contribution in [1.82, 2.24) is 35.3 Å². The normalized spacial score (nSPS) is 31.4. The second-order valence-corrected chi connectivity index (χ2v) is 9.94. The fourth-order valence-corrected chi connectivity index (χ4v) is 6.19. The van der Waals surface area contributed by atoms with Gasteiger partial charge in [-0.15, -0.1) is 10.2 Å². The number of fused-ring (bicyclic) bond motifs is 3. The molecule has 176 valence electrons. The van der Waals surface area contributed by atoms with Crippen molar-refractivity contribution < 1.29 is 9.59 Å². The lowest BCUT2D eigenvalue weighted by Crippen LogP contribution is -2.57. The van der Waals surface area contributed by atoms with E-state index in [0.29, 0.717) is 24.8 Å². The van der Waals surface area contributed by atoms with E-state index in [1.165, 1.54) is 0 Å². The van der Waals surface area contributed by atoms with Crippen LogP contribution in [0.2, 0.25) is 0 Å². The molecule has 1 aromatic carbocycles. The lowest BCUT2D eigenvalue weighted by atomic mass is 10.0. The predicted molar refractivity (Wildman–Crippen MR) is 119 cm³/mol. The van der Waals surface area contributed by atoms with Gasteiger partial charge in [0.15, 0.2) is 0 Å². The molecule has 11 heteroatoms. The van der Waals surface area contributed by atoms with Gasteiger partial charge in [0.2, 0.25) is 17.6 Å². The Morgan fingerprint density at radius 2 is 2.21 bits per heavy atom. The molecule has 2 aromatic rings. The number of carbonyl (C=O) groups is 2. The molecule has 2 bridgehead atoms. The quantitative estimate of drug-likeness (QED) is 0.613. The summed E-state index contributed by atoms with van der Waals surface area (Å²) in [5.41, 5.74) is 8.17. The average Bonchev–Trinajstić information content (AvgIpc) is 3.28. The number of hydrogen-bond donors (Lipinski definition) is 2. The first-order chi connectivity index (χ1) is 16.5. The number of H-pyrrole nitrogens is 1. The summed E-state index contributed by atoms with van der Waals surface area (Å²) >= 11 is 0. The Kier molecular flexibility index (Phi) is 4.89. The molecule has 34 heavy (non-hydrogen) atoms. The van der Waals surface area contributed by atoms with E-state index in [4.69, 9.17) is 5.73 Å². The van der Waals surface area contributed by atoms with Crippen LogP contribution >= 0.6 is 0 Å². The van der Waals surface area contributed by atoms with Crippen LogP contribution in [0.25, 0.3) is 11.4 Å². The lowest BCUT2D eigenvalue weighted by Gasteiger charge is -2.38. The second kappa shape index (κ2) is 7.85. The van der Waals surface area contributed by atoms with Crippen molar-refractivity contribution in [1.29, 1.82) is 5.26 Å². The largest absolute Gasteiger partial charge is 0.330 e. The summed E-state index contributed by atoms with van der Waals surface area (Å²) in [5.74, 6) is 0.892. The van der Waals surface area contributed by atoms with Gasteiger partial charge in [-0.05, 0) is 48.9 Å². The molecule has 11 nitrogen and oxygen atoms in total. The van der Waals surface area contributed by atoms with Gasteiger partial charge in [-0.1, -0.05) is 18.2 Å². The summed E-state index contributed by atoms with van der Waals surface area (Å²) in [6.45, 7) is 3.07. The zero-order valence-electron chi connectivity index (χ0n) is 18.9. The number of rotatable bonds is 6. The molecule has 3 aliphatic heterocycles. The van der Waals surface area contributed by atoms with Gasteiger partial charge in [0.1, 0.15) is 6.04 Å². The van der Waals surface area contributed by atoms with Gasteiger partial charge in [0.05, 0.1) is 24.2 Å². The number of aromatic nitrogens is 4. The number of piperidine rings is 1. The fraction of sp³-hybridized carbons (Fsp3) is 0.565. The Morgan fingerprint density at radius 3 is 2.94 bits per heavy atom. The highest BCUT2D eigenvalue weighted by Gasteiger charge is 2.56. The maximum absolute atomic E-state index is 13.3. The molecule has 0 spiro atoms. The van der Waals surface area contributed by atoms with Crippen molar-refractivity contribution in [3.63, 3.8) is 0 Å². The van der Waals surface area contributed by atoms with E-state index in [0.717, 1.165) is 30.4 Å². The van der Waals surface area contributed by atoms with Gasteiger partial charge in [-0.25, -0.2) is 0 Å². The minimum atomic E-state index is -0.722. The summed E-state index contributed by atoms with van der Waals surface area (Å²) in [4.78, 5) is 32.1. The van der Waals surface area contributed by atoms with Crippen LogP contribution in [0.5, 0.6) is 0 Å². The Hall–Kier alpha value is -3.36. The smallest absolute Gasteiger partial charge is 0.242 e. The van der Waals surface area contributed by atoms with E-state index in [1.54, 1.807) is 4.90 Å². The Morgan fingerprint density at radius 1 is 1.35 bits per heavy atom. The Bertz CT molecular complexity index is 1160. The molecule has 4 heterocycles. The number of likely N-dealkylation sites (tertiary alicyclic amines) is 3. The number of aromatic amines is 1. The van der Waals surface area contributed by atoms with Crippen LogP contribution in [-0.2, 0) is 9.59 Å². The monoisotopic (exact) mass is 461 g/mol. The van der Waals surface area contributed by atoms with E-state index >= 15 is 0 Å². The predicted octanol–water partition coefficient (Wildman–Crippen LogP) is 0.0531. The van der Waals surface area contributed by atoms with Gasteiger partial charge in [-0.2, -0.15) is 10.5 Å².